The summed E-state index contributed by atoms with van der Waals surface area (Å²) in [6.07, 6.45) is 3.99. The van der Waals surface area contributed by atoms with Gasteiger partial charge in [0.1, 0.15) is 11.6 Å². The Bertz CT molecular complexity index is 756. The van der Waals surface area contributed by atoms with Gasteiger partial charge in [0.25, 0.3) is 0 Å². The molecule has 0 radical (unpaired) electrons. The lowest BCUT2D eigenvalue weighted by atomic mass is 10.0. The summed E-state index contributed by atoms with van der Waals surface area (Å²) in [5.74, 6) is 2.69. The van der Waals surface area contributed by atoms with Gasteiger partial charge in [-0.1, -0.05) is 5.16 Å². The number of piperidine rings is 1. The molecular formula is C19H27N5O2. The summed E-state index contributed by atoms with van der Waals surface area (Å²) < 4.78 is 5.32. The van der Waals surface area contributed by atoms with Crippen LogP contribution in [0.4, 0.5) is 11.8 Å². The van der Waals surface area contributed by atoms with Gasteiger partial charge in [-0.3, -0.25) is 0 Å². The zero-order valence-corrected chi connectivity index (χ0v) is 15.6. The monoisotopic (exact) mass is 357 g/mol. The lowest BCUT2D eigenvalue weighted by Crippen LogP contribution is -2.32. The minimum Gasteiger partial charge on any atom is -0.391 e. The lowest BCUT2D eigenvalue weighted by molar-refractivity contribution is 0.143. The summed E-state index contributed by atoms with van der Waals surface area (Å²) in [6, 6.07) is 3.96. The number of aryl methyl sites for hydroxylation is 2. The summed E-state index contributed by atoms with van der Waals surface area (Å²) in [5.41, 5.74) is 1.85. The number of nitrogens with zero attached hydrogens (tertiary/aromatic N) is 5. The van der Waals surface area contributed by atoms with Crippen LogP contribution in [0.3, 0.4) is 0 Å². The van der Waals surface area contributed by atoms with Gasteiger partial charge in [0.15, 0.2) is 0 Å². The van der Waals surface area contributed by atoms with Crippen molar-refractivity contribution in [1.29, 1.82) is 0 Å². The van der Waals surface area contributed by atoms with Gasteiger partial charge in [0.2, 0.25) is 5.95 Å². The molecule has 4 rings (SSSR count). The first-order chi connectivity index (χ1) is 12.6. The molecule has 0 saturated carbocycles. The number of aromatic nitrogens is 3. The minimum absolute atomic E-state index is 0.121. The molecule has 2 aromatic rings. The molecule has 26 heavy (non-hydrogen) atoms. The molecule has 2 unspecified atom stereocenters. The van der Waals surface area contributed by atoms with Crippen molar-refractivity contribution in [2.45, 2.75) is 45.6 Å². The molecule has 0 aromatic carbocycles. The van der Waals surface area contributed by atoms with Gasteiger partial charge in [-0.2, -0.15) is 4.98 Å². The van der Waals surface area contributed by atoms with Crippen molar-refractivity contribution in [2.75, 3.05) is 36.0 Å². The molecule has 0 spiro atoms. The Morgan fingerprint density at radius 3 is 2.58 bits per heavy atom. The standard InChI is InChI=1S/C19H27N5O2/c1-13-9-18(21-19(20-13)23-6-4-3-5-7-23)24-11-15(17(25)12-24)10-16-8-14(2)22-26-16/h8-9,15,17,25H,3-7,10-12H2,1-2H3. The summed E-state index contributed by atoms with van der Waals surface area (Å²) in [7, 11) is 0. The van der Waals surface area contributed by atoms with Crippen molar-refractivity contribution in [3.05, 3.63) is 29.3 Å². The van der Waals surface area contributed by atoms with Crippen molar-refractivity contribution in [3.63, 3.8) is 0 Å². The van der Waals surface area contributed by atoms with E-state index < -0.39 is 6.10 Å². The second-order valence-electron chi connectivity index (χ2n) is 7.59. The zero-order valence-electron chi connectivity index (χ0n) is 15.6. The molecule has 2 aliphatic heterocycles. The van der Waals surface area contributed by atoms with Crippen molar-refractivity contribution in [1.82, 2.24) is 15.1 Å². The Hall–Kier alpha value is -2.15. The van der Waals surface area contributed by atoms with Gasteiger partial charge < -0.3 is 19.4 Å². The fraction of sp³-hybridized carbons (Fsp3) is 0.632. The molecule has 2 saturated heterocycles. The highest BCUT2D eigenvalue weighted by atomic mass is 16.5. The highest BCUT2D eigenvalue weighted by Gasteiger charge is 2.33. The van der Waals surface area contributed by atoms with E-state index in [1.807, 2.05) is 26.0 Å². The highest BCUT2D eigenvalue weighted by molar-refractivity contribution is 5.47. The number of aliphatic hydroxyl groups excluding tert-OH is 1. The van der Waals surface area contributed by atoms with Crippen molar-refractivity contribution < 1.29 is 9.63 Å². The second kappa shape index (κ2) is 7.23. The molecule has 1 N–H and O–H groups in total. The van der Waals surface area contributed by atoms with Crippen LogP contribution >= 0.6 is 0 Å². The first-order valence-corrected chi connectivity index (χ1v) is 9.54. The summed E-state index contributed by atoms with van der Waals surface area (Å²) in [6.45, 7) is 7.33. The molecule has 0 amide bonds. The third-order valence-electron chi connectivity index (χ3n) is 5.34. The normalized spacial score (nSPS) is 23.7. The van der Waals surface area contributed by atoms with E-state index in [0.29, 0.717) is 13.0 Å². The van der Waals surface area contributed by atoms with E-state index >= 15 is 0 Å². The number of anilines is 2. The molecule has 140 valence electrons. The van der Waals surface area contributed by atoms with Crippen LogP contribution in [0, 0.1) is 19.8 Å². The fourth-order valence-corrected chi connectivity index (χ4v) is 3.95. The minimum atomic E-state index is -0.394. The van der Waals surface area contributed by atoms with Gasteiger partial charge in [-0.15, -0.1) is 0 Å². The average molecular weight is 357 g/mol. The maximum atomic E-state index is 10.5. The van der Waals surface area contributed by atoms with Crippen LogP contribution in [0.25, 0.3) is 0 Å². The first-order valence-electron chi connectivity index (χ1n) is 9.54. The van der Waals surface area contributed by atoms with Gasteiger partial charge >= 0.3 is 0 Å². The van der Waals surface area contributed by atoms with Gasteiger partial charge in [0, 0.05) is 56.3 Å². The van der Waals surface area contributed by atoms with Crippen LogP contribution < -0.4 is 9.80 Å². The summed E-state index contributed by atoms with van der Waals surface area (Å²) >= 11 is 0. The number of hydrogen-bond donors (Lipinski definition) is 1. The predicted molar refractivity (Wildman–Crippen MR) is 99.5 cm³/mol. The van der Waals surface area contributed by atoms with Crippen LogP contribution in [-0.4, -0.2) is 52.5 Å². The van der Waals surface area contributed by atoms with E-state index in [1.165, 1.54) is 19.3 Å². The third kappa shape index (κ3) is 3.67. The summed E-state index contributed by atoms with van der Waals surface area (Å²) in [5, 5.41) is 14.5. The molecule has 2 aliphatic rings. The Morgan fingerprint density at radius 2 is 1.85 bits per heavy atom. The molecule has 2 atom stereocenters. The fourth-order valence-electron chi connectivity index (χ4n) is 3.95. The quantitative estimate of drug-likeness (QED) is 0.898. The maximum absolute atomic E-state index is 10.5. The summed E-state index contributed by atoms with van der Waals surface area (Å²) in [4.78, 5) is 13.9. The Balaban J connectivity index is 1.49. The second-order valence-corrected chi connectivity index (χ2v) is 7.59. The molecule has 2 aromatic heterocycles. The molecule has 7 nitrogen and oxygen atoms in total. The van der Waals surface area contributed by atoms with Gasteiger partial charge in [-0.05, 0) is 33.1 Å². The molecule has 7 heteroatoms. The lowest BCUT2D eigenvalue weighted by Gasteiger charge is -2.28. The molecular weight excluding hydrogens is 330 g/mol. The average Bonchev–Trinajstić information content (AvgIpc) is 3.21. The smallest absolute Gasteiger partial charge is 0.227 e. The predicted octanol–water partition coefficient (Wildman–Crippen LogP) is 2.11. The van der Waals surface area contributed by atoms with E-state index in [0.717, 1.165) is 48.5 Å². The largest absolute Gasteiger partial charge is 0.391 e. The van der Waals surface area contributed by atoms with E-state index in [9.17, 15) is 5.11 Å². The zero-order chi connectivity index (χ0) is 18.1. The van der Waals surface area contributed by atoms with Crippen LogP contribution in [0.1, 0.15) is 36.4 Å². The van der Waals surface area contributed by atoms with Crippen LogP contribution in [0.5, 0.6) is 0 Å². The maximum Gasteiger partial charge on any atom is 0.227 e. The van der Waals surface area contributed by atoms with Crippen LogP contribution in [-0.2, 0) is 6.42 Å². The number of rotatable bonds is 4. The third-order valence-corrected chi connectivity index (χ3v) is 5.34. The Labute approximate surface area is 154 Å². The molecule has 0 aliphatic carbocycles. The van der Waals surface area contributed by atoms with Crippen LogP contribution in [0.15, 0.2) is 16.7 Å². The SMILES string of the molecule is Cc1cc(CC2CN(c3cc(C)nc(N4CCCCC4)n3)CC2O)on1. The number of hydrogen-bond acceptors (Lipinski definition) is 7. The van der Waals surface area contributed by atoms with E-state index in [4.69, 9.17) is 9.51 Å². The topological polar surface area (TPSA) is 78.5 Å². The van der Waals surface area contributed by atoms with Crippen molar-refractivity contribution >= 4 is 11.8 Å². The molecule has 2 fully saturated rings. The van der Waals surface area contributed by atoms with Crippen molar-refractivity contribution in [2.24, 2.45) is 5.92 Å². The van der Waals surface area contributed by atoms with Crippen molar-refractivity contribution in [3.8, 4) is 0 Å². The van der Waals surface area contributed by atoms with E-state index in [2.05, 4.69) is 19.9 Å². The number of β-amino-alcohol motifs (C(OH)–C–C–N with tert-alkyl or cyclic N) is 1. The number of aliphatic hydroxyl groups is 1. The van der Waals surface area contributed by atoms with Gasteiger partial charge in [0.05, 0.1) is 11.8 Å². The van der Waals surface area contributed by atoms with Crippen LogP contribution in [0.2, 0.25) is 0 Å². The van der Waals surface area contributed by atoms with E-state index in [1.54, 1.807) is 0 Å². The Kier molecular flexibility index (Phi) is 4.80. The molecule has 4 heterocycles. The molecule has 0 bridgehead atoms. The highest BCUT2D eigenvalue weighted by Crippen LogP contribution is 2.28. The van der Waals surface area contributed by atoms with Gasteiger partial charge in [-0.25, -0.2) is 4.98 Å². The van der Waals surface area contributed by atoms with E-state index in [-0.39, 0.29) is 5.92 Å². The Morgan fingerprint density at radius 1 is 1.04 bits per heavy atom. The first kappa shape index (κ1) is 17.3.